The van der Waals surface area contributed by atoms with Crippen LogP contribution in [-0.4, -0.2) is 19.2 Å². The number of hydrogen-bond acceptors (Lipinski definition) is 6. The first-order valence-electron chi connectivity index (χ1n) is 8.24. The van der Waals surface area contributed by atoms with E-state index in [2.05, 4.69) is 10.3 Å². The molecular formula is C19H14F2N2O3S2. The SMILES string of the molecule is O=S(=O)(c1ccc(NCc2ccc(-c3nc4ccccc4s3)o2)cc1)C(F)F. The van der Waals surface area contributed by atoms with E-state index >= 15 is 0 Å². The number of benzene rings is 2. The molecule has 9 heteroatoms. The van der Waals surface area contributed by atoms with Crippen LogP contribution in [0.4, 0.5) is 14.5 Å². The summed E-state index contributed by atoms with van der Waals surface area (Å²) >= 11 is 1.54. The van der Waals surface area contributed by atoms with Crippen molar-refractivity contribution in [2.45, 2.75) is 17.2 Å². The highest BCUT2D eigenvalue weighted by molar-refractivity contribution is 7.91. The third-order valence-corrected chi connectivity index (χ3v) is 6.50. The Balaban J connectivity index is 1.45. The van der Waals surface area contributed by atoms with Crippen molar-refractivity contribution in [2.24, 2.45) is 0 Å². The number of nitrogens with zero attached hydrogens (tertiary/aromatic N) is 1. The molecule has 0 saturated carbocycles. The Morgan fingerprint density at radius 2 is 1.79 bits per heavy atom. The third kappa shape index (κ3) is 3.63. The molecule has 5 nitrogen and oxygen atoms in total. The lowest BCUT2D eigenvalue weighted by molar-refractivity contribution is 0.234. The van der Waals surface area contributed by atoms with Crippen molar-refractivity contribution < 1.29 is 21.6 Å². The molecule has 2 aromatic carbocycles. The van der Waals surface area contributed by atoms with E-state index in [4.69, 9.17) is 4.42 Å². The van der Waals surface area contributed by atoms with E-state index < -0.39 is 20.5 Å². The fourth-order valence-corrected chi connectivity index (χ4v) is 4.27. The zero-order valence-corrected chi connectivity index (χ0v) is 15.9. The molecule has 28 heavy (non-hydrogen) atoms. The van der Waals surface area contributed by atoms with E-state index in [-0.39, 0.29) is 0 Å². The highest BCUT2D eigenvalue weighted by Crippen LogP contribution is 2.31. The Hall–Kier alpha value is -2.78. The molecule has 0 aliphatic heterocycles. The number of alkyl halides is 2. The molecule has 2 heterocycles. The van der Waals surface area contributed by atoms with Crippen LogP contribution in [-0.2, 0) is 16.4 Å². The van der Waals surface area contributed by atoms with Gasteiger partial charge < -0.3 is 9.73 Å². The van der Waals surface area contributed by atoms with E-state index in [0.717, 1.165) is 27.4 Å². The number of hydrogen-bond donors (Lipinski definition) is 1. The molecule has 4 aromatic rings. The molecule has 0 aliphatic rings. The molecule has 0 spiro atoms. The van der Waals surface area contributed by atoms with Crippen LogP contribution in [0, 0.1) is 0 Å². The van der Waals surface area contributed by atoms with Gasteiger partial charge in [0.15, 0.2) is 10.8 Å². The number of para-hydroxylation sites is 1. The number of sulfone groups is 1. The summed E-state index contributed by atoms with van der Waals surface area (Å²) in [7, 11) is -4.58. The highest BCUT2D eigenvalue weighted by atomic mass is 32.2. The van der Waals surface area contributed by atoms with Crippen molar-refractivity contribution in [1.29, 1.82) is 0 Å². The first kappa shape index (κ1) is 18.6. The van der Waals surface area contributed by atoms with E-state index in [1.54, 1.807) is 11.3 Å². The molecule has 0 unspecified atom stereocenters. The number of aromatic nitrogens is 1. The summed E-state index contributed by atoms with van der Waals surface area (Å²) in [6.45, 7) is 0.353. The van der Waals surface area contributed by atoms with Crippen LogP contribution in [0.15, 0.2) is 70.0 Å². The Morgan fingerprint density at radius 3 is 2.50 bits per heavy atom. The Bertz CT molecular complexity index is 1180. The standard InChI is InChI=1S/C19H14F2N2O3S2/c20-19(21)28(24,25)14-8-5-12(6-9-14)22-11-13-7-10-16(26-13)18-23-15-3-1-2-4-17(15)27-18/h1-10,19,22H,11H2. The maximum Gasteiger partial charge on any atom is 0.341 e. The summed E-state index contributed by atoms with van der Waals surface area (Å²) in [6.07, 6.45) is 0. The average molecular weight is 420 g/mol. The van der Waals surface area contributed by atoms with Crippen LogP contribution in [0.1, 0.15) is 5.76 Å². The lowest BCUT2D eigenvalue weighted by atomic mass is 10.3. The molecule has 2 aromatic heterocycles. The van der Waals surface area contributed by atoms with Gasteiger partial charge in [-0.2, -0.15) is 8.78 Å². The minimum absolute atomic E-state index is 0.353. The largest absolute Gasteiger partial charge is 0.457 e. The molecule has 0 saturated heterocycles. The van der Waals surface area contributed by atoms with Crippen molar-refractivity contribution in [3.05, 3.63) is 66.4 Å². The Labute approximate surface area is 163 Å². The van der Waals surface area contributed by atoms with Gasteiger partial charge in [0.2, 0.25) is 9.84 Å². The Kier molecular flexibility index (Phi) is 4.86. The molecule has 144 valence electrons. The topological polar surface area (TPSA) is 72.2 Å². The second kappa shape index (κ2) is 7.33. The number of anilines is 1. The van der Waals surface area contributed by atoms with Crippen LogP contribution in [0.25, 0.3) is 21.0 Å². The lowest BCUT2D eigenvalue weighted by Crippen LogP contribution is -2.11. The van der Waals surface area contributed by atoms with Gasteiger partial charge in [0.1, 0.15) is 5.76 Å². The van der Waals surface area contributed by atoms with Crippen molar-refractivity contribution in [3.8, 4) is 10.8 Å². The third-order valence-electron chi connectivity index (χ3n) is 4.05. The number of rotatable bonds is 6. The zero-order valence-electron chi connectivity index (χ0n) is 14.3. The number of thiazole rings is 1. The fraction of sp³-hybridized carbons (Fsp3) is 0.105. The van der Waals surface area contributed by atoms with Crippen molar-refractivity contribution in [1.82, 2.24) is 4.98 Å². The van der Waals surface area contributed by atoms with E-state index in [1.165, 1.54) is 12.1 Å². The summed E-state index contributed by atoms with van der Waals surface area (Å²) in [5.74, 6) is -2.11. The molecular weight excluding hydrogens is 406 g/mol. The maximum absolute atomic E-state index is 12.6. The van der Waals surface area contributed by atoms with Gasteiger partial charge in [-0.1, -0.05) is 12.1 Å². The fourth-order valence-electron chi connectivity index (χ4n) is 2.62. The molecule has 0 radical (unpaired) electrons. The van der Waals surface area contributed by atoms with Gasteiger partial charge in [0.05, 0.1) is 21.7 Å². The molecule has 1 N–H and O–H groups in total. The summed E-state index contributed by atoms with van der Waals surface area (Å²) in [4.78, 5) is 4.13. The van der Waals surface area contributed by atoms with Gasteiger partial charge >= 0.3 is 5.76 Å². The molecule has 0 bridgehead atoms. The minimum atomic E-state index is -4.58. The highest BCUT2D eigenvalue weighted by Gasteiger charge is 2.26. The summed E-state index contributed by atoms with van der Waals surface area (Å²) in [6, 6.07) is 16.7. The zero-order chi connectivity index (χ0) is 19.7. The van der Waals surface area contributed by atoms with Gasteiger partial charge in [-0.25, -0.2) is 13.4 Å². The molecule has 0 atom stereocenters. The van der Waals surface area contributed by atoms with Crippen LogP contribution in [0.5, 0.6) is 0 Å². The monoisotopic (exact) mass is 420 g/mol. The predicted molar refractivity (Wildman–Crippen MR) is 104 cm³/mol. The number of furan rings is 1. The summed E-state index contributed by atoms with van der Waals surface area (Å²) < 4.78 is 54.9. The van der Waals surface area contributed by atoms with Crippen molar-refractivity contribution in [2.75, 3.05) is 5.32 Å². The van der Waals surface area contributed by atoms with Gasteiger partial charge in [-0.3, -0.25) is 0 Å². The molecule has 4 rings (SSSR count). The number of halogens is 2. The Morgan fingerprint density at radius 1 is 1.04 bits per heavy atom. The lowest BCUT2D eigenvalue weighted by Gasteiger charge is -2.06. The number of fused-ring (bicyclic) bond motifs is 1. The van der Waals surface area contributed by atoms with Crippen LogP contribution >= 0.6 is 11.3 Å². The van der Waals surface area contributed by atoms with E-state index in [9.17, 15) is 17.2 Å². The first-order chi connectivity index (χ1) is 13.4. The quantitative estimate of drug-likeness (QED) is 0.466. The van der Waals surface area contributed by atoms with Crippen LogP contribution < -0.4 is 5.32 Å². The van der Waals surface area contributed by atoms with Crippen LogP contribution in [0.2, 0.25) is 0 Å². The smallest absolute Gasteiger partial charge is 0.341 e. The minimum Gasteiger partial charge on any atom is -0.457 e. The second-order valence-electron chi connectivity index (χ2n) is 5.94. The van der Waals surface area contributed by atoms with Gasteiger partial charge in [0.25, 0.3) is 0 Å². The normalized spacial score (nSPS) is 12.0. The molecule has 0 aliphatic carbocycles. The first-order valence-corrected chi connectivity index (χ1v) is 10.6. The average Bonchev–Trinajstić information content (AvgIpc) is 3.33. The van der Waals surface area contributed by atoms with Gasteiger partial charge in [-0.15, -0.1) is 11.3 Å². The predicted octanol–water partition coefficient (Wildman–Crippen LogP) is 5.16. The van der Waals surface area contributed by atoms with Crippen molar-refractivity contribution in [3.63, 3.8) is 0 Å². The summed E-state index contributed by atoms with van der Waals surface area (Å²) in [5.41, 5.74) is 1.50. The second-order valence-corrected chi connectivity index (χ2v) is 8.88. The van der Waals surface area contributed by atoms with E-state index in [1.807, 2.05) is 36.4 Å². The molecule has 0 amide bonds. The van der Waals surface area contributed by atoms with Gasteiger partial charge in [0, 0.05) is 5.69 Å². The molecule has 0 fully saturated rings. The van der Waals surface area contributed by atoms with Crippen molar-refractivity contribution >= 4 is 37.1 Å². The summed E-state index contributed by atoms with van der Waals surface area (Å²) in [5, 5.41) is 3.85. The van der Waals surface area contributed by atoms with E-state index in [0.29, 0.717) is 23.8 Å². The van der Waals surface area contributed by atoms with Crippen LogP contribution in [0.3, 0.4) is 0 Å². The number of nitrogens with one attached hydrogen (secondary N) is 1. The van der Waals surface area contributed by atoms with Gasteiger partial charge in [-0.05, 0) is 48.5 Å². The maximum atomic E-state index is 12.6.